The molecule has 2 atom stereocenters. The zero-order valence-electron chi connectivity index (χ0n) is 10.4. The highest BCUT2D eigenvalue weighted by Gasteiger charge is 2.29. The summed E-state index contributed by atoms with van der Waals surface area (Å²) in [6, 6.07) is 12.8. The molecule has 2 unspecified atom stereocenters. The second-order valence-corrected chi connectivity index (χ2v) is 5.53. The molecule has 3 heteroatoms. The van der Waals surface area contributed by atoms with Gasteiger partial charge in [-0.15, -0.1) is 11.3 Å². The van der Waals surface area contributed by atoms with Crippen LogP contribution >= 0.6 is 11.3 Å². The van der Waals surface area contributed by atoms with Crippen LogP contribution in [0.15, 0.2) is 41.8 Å². The number of benzene rings is 1. The molecule has 2 heterocycles. The first-order chi connectivity index (χ1) is 8.90. The minimum Gasteiger partial charge on any atom is -0.371 e. The molecule has 0 spiro atoms. The summed E-state index contributed by atoms with van der Waals surface area (Å²) in [7, 11) is 1.97. The smallest absolute Gasteiger partial charge is 0.0960 e. The Balaban J connectivity index is 1.94. The summed E-state index contributed by atoms with van der Waals surface area (Å²) in [5, 5.41) is 5.38. The fraction of sp³-hybridized carbons (Fsp3) is 0.333. The molecule has 0 saturated heterocycles. The van der Waals surface area contributed by atoms with Crippen LogP contribution in [0.25, 0.3) is 0 Å². The highest BCUT2D eigenvalue weighted by molar-refractivity contribution is 7.10. The van der Waals surface area contributed by atoms with Crippen LogP contribution in [0, 0.1) is 0 Å². The Kier molecular flexibility index (Phi) is 3.46. The normalized spacial score (nSPS) is 22.7. The van der Waals surface area contributed by atoms with Crippen molar-refractivity contribution in [3.05, 3.63) is 57.8 Å². The minimum atomic E-state index is 0.205. The van der Waals surface area contributed by atoms with Gasteiger partial charge in [0.2, 0.25) is 0 Å². The van der Waals surface area contributed by atoms with Gasteiger partial charge in [-0.05, 0) is 29.6 Å². The van der Waals surface area contributed by atoms with Crippen molar-refractivity contribution in [1.82, 2.24) is 5.32 Å². The Morgan fingerprint density at radius 2 is 2.11 bits per heavy atom. The van der Waals surface area contributed by atoms with E-state index in [9.17, 15) is 0 Å². The molecule has 1 aliphatic heterocycles. The van der Waals surface area contributed by atoms with E-state index >= 15 is 0 Å². The van der Waals surface area contributed by atoms with E-state index in [1.165, 1.54) is 16.0 Å². The van der Waals surface area contributed by atoms with Crippen LogP contribution < -0.4 is 5.32 Å². The summed E-state index contributed by atoms with van der Waals surface area (Å²) >= 11 is 1.85. The lowest BCUT2D eigenvalue weighted by Crippen LogP contribution is -2.26. The van der Waals surface area contributed by atoms with Crippen molar-refractivity contribution in [1.29, 1.82) is 0 Å². The summed E-state index contributed by atoms with van der Waals surface area (Å²) in [5.74, 6) is 0.398. The largest absolute Gasteiger partial charge is 0.371 e. The maximum absolute atomic E-state index is 6.01. The van der Waals surface area contributed by atoms with Crippen LogP contribution in [0.4, 0.5) is 0 Å². The lowest BCUT2D eigenvalue weighted by Gasteiger charge is -2.29. The monoisotopic (exact) mass is 259 g/mol. The first kappa shape index (κ1) is 11.9. The van der Waals surface area contributed by atoms with E-state index in [0.29, 0.717) is 5.92 Å². The van der Waals surface area contributed by atoms with Gasteiger partial charge in [0.1, 0.15) is 0 Å². The Labute approximate surface area is 112 Å². The molecular weight excluding hydrogens is 242 g/mol. The Morgan fingerprint density at radius 1 is 1.28 bits per heavy atom. The third-order valence-corrected chi connectivity index (χ3v) is 4.49. The Hall–Kier alpha value is -1.16. The predicted octanol–water partition coefficient (Wildman–Crippen LogP) is 3.17. The molecule has 0 fully saturated rings. The molecule has 0 radical (unpaired) electrons. The van der Waals surface area contributed by atoms with Gasteiger partial charge in [-0.3, -0.25) is 0 Å². The molecule has 18 heavy (non-hydrogen) atoms. The van der Waals surface area contributed by atoms with Crippen molar-refractivity contribution >= 4 is 11.3 Å². The number of rotatable bonds is 3. The van der Waals surface area contributed by atoms with Crippen molar-refractivity contribution in [2.75, 3.05) is 20.2 Å². The van der Waals surface area contributed by atoms with Crippen molar-refractivity contribution in [3.63, 3.8) is 0 Å². The maximum atomic E-state index is 6.01. The molecule has 1 N–H and O–H groups in total. The molecular formula is C15H17NOS. The van der Waals surface area contributed by atoms with E-state index in [2.05, 4.69) is 47.1 Å². The number of thiophene rings is 1. The maximum Gasteiger partial charge on any atom is 0.0960 e. The summed E-state index contributed by atoms with van der Waals surface area (Å²) in [4.78, 5) is 1.47. The van der Waals surface area contributed by atoms with Crippen molar-refractivity contribution in [2.24, 2.45) is 0 Å². The summed E-state index contributed by atoms with van der Waals surface area (Å²) in [6.07, 6.45) is 0.205. The molecule has 1 aromatic carbocycles. The first-order valence-corrected chi connectivity index (χ1v) is 7.16. The zero-order valence-corrected chi connectivity index (χ0v) is 11.2. The van der Waals surface area contributed by atoms with Gasteiger partial charge in [0.25, 0.3) is 0 Å². The molecule has 1 aliphatic rings. The van der Waals surface area contributed by atoms with Crippen LogP contribution in [0.5, 0.6) is 0 Å². The number of fused-ring (bicyclic) bond motifs is 1. The molecule has 0 saturated carbocycles. The van der Waals surface area contributed by atoms with Gasteiger partial charge in [0, 0.05) is 17.3 Å². The fourth-order valence-corrected chi connectivity index (χ4v) is 3.61. The van der Waals surface area contributed by atoms with Gasteiger partial charge in [-0.1, -0.05) is 30.3 Å². The molecule has 2 nitrogen and oxygen atoms in total. The number of hydrogen-bond donors (Lipinski definition) is 1. The molecule has 0 bridgehead atoms. The molecule has 0 amide bonds. The van der Waals surface area contributed by atoms with E-state index in [1.54, 1.807) is 0 Å². The van der Waals surface area contributed by atoms with E-state index in [0.717, 1.165) is 13.2 Å². The fourth-order valence-electron chi connectivity index (χ4n) is 2.55. The molecule has 94 valence electrons. The third kappa shape index (κ3) is 2.09. The van der Waals surface area contributed by atoms with Gasteiger partial charge in [-0.2, -0.15) is 0 Å². The zero-order chi connectivity index (χ0) is 12.4. The van der Waals surface area contributed by atoms with Gasteiger partial charge in [0.05, 0.1) is 12.7 Å². The molecule has 1 aromatic heterocycles. The molecule has 3 rings (SSSR count). The molecule has 0 aliphatic carbocycles. The predicted molar refractivity (Wildman–Crippen MR) is 75.2 cm³/mol. The van der Waals surface area contributed by atoms with E-state index in [4.69, 9.17) is 4.74 Å². The van der Waals surface area contributed by atoms with Crippen molar-refractivity contribution in [2.45, 2.75) is 12.0 Å². The SMILES string of the molecule is CNCC1OCC(c2ccccc2)c2sccc21. The standard InChI is InChI=1S/C15H17NOS/c1-16-9-14-12-7-8-18-15(12)13(10-17-14)11-5-3-2-4-6-11/h2-8,13-14,16H,9-10H2,1H3. The van der Waals surface area contributed by atoms with E-state index in [-0.39, 0.29) is 6.10 Å². The quantitative estimate of drug-likeness (QED) is 0.914. The first-order valence-electron chi connectivity index (χ1n) is 6.28. The second-order valence-electron chi connectivity index (χ2n) is 4.58. The minimum absolute atomic E-state index is 0.205. The van der Waals surface area contributed by atoms with Crippen LogP contribution in [0.3, 0.4) is 0 Å². The number of likely N-dealkylation sites (N-methyl/N-ethyl adjacent to an activating group) is 1. The van der Waals surface area contributed by atoms with Crippen molar-refractivity contribution < 1.29 is 4.74 Å². The van der Waals surface area contributed by atoms with Crippen LogP contribution in [-0.4, -0.2) is 20.2 Å². The summed E-state index contributed by atoms with van der Waals surface area (Å²) < 4.78 is 6.01. The topological polar surface area (TPSA) is 21.3 Å². The average Bonchev–Trinajstić information content (AvgIpc) is 2.90. The third-order valence-electron chi connectivity index (χ3n) is 3.45. The number of hydrogen-bond acceptors (Lipinski definition) is 3. The highest BCUT2D eigenvalue weighted by atomic mass is 32.1. The number of nitrogens with one attached hydrogen (secondary N) is 1. The van der Waals surface area contributed by atoms with E-state index in [1.807, 2.05) is 18.4 Å². The lowest BCUT2D eigenvalue weighted by molar-refractivity contribution is 0.0367. The van der Waals surface area contributed by atoms with Gasteiger partial charge in [-0.25, -0.2) is 0 Å². The summed E-state index contributed by atoms with van der Waals surface area (Å²) in [5.41, 5.74) is 2.71. The van der Waals surface area contributed by atoms with Gasteiger partial charge in [0.15, 0.2) is 0 Å². The van der Waals surface area contributed by atoms with Gasteiger partial charge < -0.3 is 10.1 Å². The van der Waals surface area contributed by atoms with Crippen LogP contribution in [0.1, 0.15) is 28.0 Å². The Morgan fingerprint density at radius 3 is 2.89 bits per heavy atom. The van der Waals surface area contributed by atoms with Gasteiger partial charge >= 0.3 is 0 Å². The highest BCUT2D eigenvalue weighted by Crippen LogP contribution is 2.40. The van der Waals surface area contributed by atoms with Crippen LogP contribution in [-0.2, 0) is 4.74 Å². The second kappa shape index (κ2) is 5.22. The van der Waals surface area contributed by atoms with Crippen molar-refractivity contribution in [3.8, 4) is 0 Å². The average molecular weight is 259 g/mol. The summed E-state index contributed by atoms with van der Waals surface area (Å²) in [6.45, 7) is 1.66. The van der Waals surface area contributed by atoms with E-state index < -0.39 is 0 Å². The Bertz CT molecular complexity index is 508. The lowest BCUT2D eigenvalue weighted by atomic mass is 9.92. The van der Waals surface area contributed by atoms with Crippen LogP contribution in [0.2, 0.25) is 0 Å². The number of ether oxygens (including phenoxy) is 1. The molecule has 2 aromatic rings.